The Bertz CT molecular complexity index is 685. The van der Waals surface area contributed by atoms with Crippen LogP contribution >= 0.6 is 45.9 Å². The summed E-state index contributed by atoms with van der Waals surface area (Å²) in [6.07, 6.45) is 0. The van der Waals surface area contributed by atoms with Gasteiger partial charge in [-0.3, -0.25) is 0 Å². The van der Waals surface area contributed by atoms with Crippen molar-refractivity contribution in [2.45, 2.75) is 0 Å². The molecule has 5 heteroatoms. The van der Waals surface area contributed by atoms with Crippen LogP contribution in [0.25, 0.3) is 0 Å². The van der Waals surface area contributed by atoms with E-state index in [-0.39, 0.29) is 0 Å². The van der Waals surface area contributed by atoms with Crippen molar-refractivity contribution in [3.63, 3.8) is 0 Å². The van der Waals surface area contributed by atoms with Crippen LogP contribution in [0.4, 0.5) is 0 Å². The molecule has 0 saturated heterocycles. The second-order valence-corrected chi connectivity index (χ2v) is 11.2. The lowest BCUT2D eigenvalue weighted by Gasteiger charge is -2.26. The minimum absolute atomic E-state index is 0.689. The Labute approximate surface area is 156 Å². The van der Waals surface area contributed by atoms with Gasteiger partial charge in [0.1, 0.15) is 0 Å². The van der Waals surface area contributed by atoms with E-state index in [0.29, 0.717) is 15.1 Å². The Hall–Kier alpha value is -0.963. The Morgan fingerprint density at radius 3 is 0.870 bits per heavy atom. The zero-order valence-corrected chi connectivity index (χ0v) is 16.0. The first-order chi connectivity index (χ1) is 11.0. The van der Waals surface area contributed by atoms with Crippen LogP contribution in [0.15, 0.2) is 72.8 Å². The van der Waals surface area contributed by atoms with Crippen molar-refractivity contribution in [2.75, 3.05) is 0 Å². The smallest absolute Gasteiger partial charge is 0.149 e. The maximum absolute atomic E-state index is 7.28. The second kappa shape index (κ2) is 6.88. The normalized spacial score (nSPS) is 11.5. The Balaban J connectivity index is 2.21. The summed E-state index contributed by atoms with van der Waals surface area (Å²) in [6, 6.07) is 23.2. The molecule has 116 valence electrons. The third-order valence-corrected chi connectivity index (χ3v) is 9.83. The van der Waals surface area contributed by atoms with E-state index < -0.39 is 7.38 Å². The zero-order valence-electron chi connectivity index (χ0n) is 11.9. The van der Waals surface area contributed by atoms with Gasteiger partial charge in [-0.25, -0.2) is 0 Å². The van der Waals surface area contributed by atoms with Gasteiger partial charge in [-0.2, -0.15) is 0 Å². The van der Waals surface area contributed by atoms with Crippen LogP contribution in [0.5, 0.6) is 0 Å². The predicted molar refractivity (Wildman–Crippen MR) is 105 cm³/mol. The monoisotopic (exact) mass is 396 g/mol. The number of benzene rings is 3. The van der Waals surface area contributed by atoms with E-state index in [9.17, 15) is 0 Å². The third-order valence-electron chi connectivity index (χ3n) is 3.73. The van der Waals surface area contributed by atoms with Crippen molar-refractivity contribution in [1.29, 1.82) is 0 Å². The van der Waals surface area contributed by atoms with Crippen LogP contribution in [-0.4, -0.2) is 7.38 Å². The Kier molecular flexibility index (Phi) is 5.05. The lowest BCUT2D eigenvalue weighted by Crippen LogP contribution is -2.62. The molecule has 0 unspecified atom stereocenters. The van der Waals surface area contributed by atoms with Gasteiger partial charge in [0.05, 0.1) is 0 Å². The molecular weight excluding hydrogens is 386 g/mol. The first-order valence-corrected chi connectivity index (χ1v) is 11.1. The summed E-state index contributed by atoms with van der Waals surface area (Å²) in [4.78, 5) is 0. The number of halogens is 4. The van der Waals surface area contributed by atoms with Gasteiger partial charge in [-0.05, 0) is 52.0 Å². The molecule has 23 heavy (non-hydrogen) atoms. The maximum Gasteiger partial charge on any atom is 0.247 e. The molecular formula is C18H12Cl4Si. The fourth-order valence-electron chi connectivity index (χ4n) is 2.54. The number of hydrogen-bond acceptors (Lipinski definition) is 0. The van der Waals surface area contributed by atoms with E-state index in [1.807, 2.05) is 72.8 Å². The molecule has 3 aromatic rings. The summed E-state index contributed by atoms with van der Waals surface area (Å²) in [6.45, 7) is 0. The van der Waals surface area contributed by atoms with Crippen LogP contribution in [0, 0.1) is 0 Å². The summed E-state index contributed by atoms with van der Waals surface area (Å²) in [5.74, 6) is 0. The molecule has 0 N–H and O–H groups in total. The molecule has 0 aliphatic heterocycles. The largest absolute Gasteiger partial charge is 0.247 e. The van der Waals surface area contributed by atoms with Crippen molar-refractivity contribution >= 4 is 68.8 Å². The minimum atomic E-state index is -2.65. The van der Waals surface area contributed by atoms with Gasteiger partial charge in [-0.15, -0.1) is 11.1 Å². The first-order valence-electron chi connectivity index (χ1n) is 6.97. The van der Waals surface area contributed by atoms with Gasteiger partial charge < -0.3 is 0 Å². The SMILES string of the molecule is Clc1ccc([Si](Cl)(c2ccc(Cl)cc2)c2ccc(Cl)cc2)cc1. The van der Waals surface area contributed by atoms with Crippen LogP contribution < -0.4 is 15.6 Å². The quantitative estimate of drug-likeness (QED) is 0.336. The molecule has 0 fully saturated rings. The highest BCUT2D eigenvalue weighted by molar-refractivity contribution is 7.40. The Morgan fingerprint density at radius 1 is 0.435 bits per heavy atom. The molecule has 0 nitrogen and oxygen atoms in total. The zero-order chi connectivity index (χ0) is 16.4. The van der Waals surface area contributed by atoms with Gasteiger partial charge in [-0.1, -0.05) is 71.2 Å². The van der Waals surface area contributed by atoms with Crippen LogP contribution in [-0.2, 0) is 0 Å². The summed E-state index contributed by atoms with van der Waals surface area (Å²) in [5, 5.41) is 5.26. The van der Waals surface area contributed by atoms with Crippen molar-refractivity contribution in [2.24, 2.45) is 0 Å². The van der Waals surface area contributed by atoms with Gasteiger partial charge in [0.2, 0.25) is 7.38 Å². The van der Waals surface area contributed by atoms with Crippen molar-refractivity contribution in [1.82, 2.24) is 0 Å². The fourth-order valence-corrected chi connectivity index (χ4v) is 6.93. The maximum atomic E-state index is 7.28. The van der Waals surface area contributed by atoms with Crippen molar-refractivity contribution in [3.8, 4) is 0 Å². The topological polar surface area (TPSA) is 0 Å². The lowest BCUT2D eigenvalue weighted by atomic mass is 10.3. The van der Waals surface area contributed by atoms with Gasteiger partial charge in [0.25, 0.3) is 0 Å². The van der Waals surface area contributed by atoms with E-state index >= 15 is 0 Å². The molecule has 0 spiro atoms. The fraction of sp³-hybridized carbons (Fsp3) is 0. The molecule has 0 aliphatic rings. The highest BCUT2D eigenvalue weighted by atomic mass is 35.6. The van der Waals surface area contributed by atoms with Crippen LogP contribution in [0.2, 0.25) is 15.1 Å². The number of hydrogen-bond donors (Lipinski definition) is 0. The van der Waals surface area contributed by atoms with E-state index in [2.05, 4.69) is 0 Å². The van der Waals surface area contributed by atoms with E-state index in [0.717, 1.165) is 15.6 Å². The van der Waals surface area contributed by atoms with Crippen LogP contribution in [0.1, 0.15) is 0 Å². The molecule has 0 bridgehead atoms. The molecule has 0 atom stereocenters. The van der Waals surface area contributed by atoms with Crippen molar-refractivity contribution in [3.05, 3.63) is 87.9 Å². The molecule has 0 saturated carbocycles. The van der Waals surface area contributed by atoms with Gasteiger partial charge in [0, 0.05) is 15.1 Å². The first kappa shape index (κ1) is 16.9. The van der Waals surface area contributed by atoms with E-state index in [1.165, 1.54) is 0 Å². The summed E-state index contributed by atoms with van der Waals surface area (Å²) in [7, 11) is -2.65. The average Bonchev–Trinajstić information content (AvgIpc) is 2.56. The Morgan fingerprint density at radius 2 is 0.652 bits per heavy atom. The summed E-state index contributed by atoms with van der Waals surface area (Å²) in [5.41, 5.74) is 0. The molecule has 0 amide bonds. The van der Waals surface area contributed by atoms with Crippen LogP contribution in [0.3, 0.4) is 0 Å². The van der Waals surface area contributed by atoms with E-state index in [1.54, 1.807) is 0 Å². The predicted octanol–water partition coefficient (Wildman–Crippen LogP) is 4.85. The highest BCUT2D eigenvalue weighted by Crippen LogP contribution is 2.17. The minimum Gasteiger partial charge on any atom is -0.149 e. The molecule has 3 rings (SSSR count). The highest BCUT2D eigenvalue weighted by Gasteiger charge is 2.37. The summed E-state index contributed by atoms with van der Waals surface area (Å²) < 4.78 is 0. The molecule has 0 heterocycles. The standard InChI is InChI=1S/C18H12Cl4Si/c19-13-1-7-16(8-2-13)23(22,17-9-3-14(20)4-10-17)18-11-5-15(21)6-12-18/h1-12H. The summed E-state index contributed by atoms with van der Waals surface area (Å²) >= 11 is 25.4. The lowest BCUT2D eigenvalue weighted by molar-refractivity contribution is 1.70. The molecule has 0 aliphatic carbocycles. The van der Waals surface area contributed by atoms with Gasteiger partial charge >= 0.3 is 0 Å². The molecule has 0 aromatic heterocycles. The average molecular weight is 398 g/mol. The molecule has 3 aromatic carbocycles. The van der Waals surface area contributed by atoms with E-state index in [4.69, 9.17) is 45.9 Å². The second-order valence-electron chi connectivity index (χ2n) is 5.18. The van der Waals surface area contributed by atoms with Gasteiger partial charge in [0.15, 0.2) is 0 Å². The molecule has 0 radical (unpaired) electrons. The van der Waals surface area contributed by atoms with Crippen molar-refractivity contribution < 1.29 is 0 Å². The number of rotatable bonds is 3. The third kappa shape index (κ3) is 3.45.